The van der Waals surface area contributed by atoms with Crippen molar-refractivity contribution in [1.82, 2.24) is 14.9 Å². The smallest absolute Gasteiger partial charge is 0.294 e. The number of fused-ring (bicyclic) bond motifs is 2. The highest BCUT2D eigenvalue weighted by molar-refractivity contribution is 6.30. The fourth-order valence-electron chi connectivity index (χ4n) is 8.32. The van der Waals surface area contributed by atoms with Gasteiger partial charge in [0.1, 0.15) is 34.2 Å². The summed E-state index contributed by atoms with van der Waals surface area (Å²) in [4.78, 5) is 62.4. The molecule has 0 spiro atoms. The highest BCUT2D eigenvalue weighted by Crippen LogP contribution is 2.36. The number of nitrogens with zero attached hydrogens (tertiary/aromatic N) is 4. The predicted molar refractivity (Wildman–Crippen MR) is 247 cm³/mol. The minimum atomic E-state index is -0.488. The van der Waals surface area contributed by atoms with E-state index in [-0.39, 0.29) is 59.1 Å². The van der Waals surface area contributed by atoms with Crippen molar-refractivity contribution in [3.8, 4) is 0 Å². The van der Waals surface area contributed by atoms with Gasteiger partial charge in [0.05, 0.1) is 37.2 Å². The topological polar surface area (TPSA) is 172 Å². The molecule has 14 nitrogen and oxygen atoms in total. The first kappa shape index (κ1) is 48.4. The van der Waals surface area contributed by atoms with Crippen LogP contribution in [0.3, 0.4) is 0 Å². The Balaban J connectivity index is 0.000000209. The molecule has 0 atom stereocenters. The number of carbonyl (C=O) groups excluding carboxylic acids is 4. The third-order valence-electron chi connectivity index (χ3n) is 12.0. The van der Waals surface area contributed by atoms with E-state index in [1.165, 1.54) is 12.4 Å². The summed E-state index contributed by atoms with van der Waals surface area (Å²) in [6.45, 7) is 0. The average Bonchev–Trinajstić information content (AvgIpc) is 3.83. The first-order valence-electron chi connectivity index (χ1n) is 21.1. The average molecular weight is 1020 g/mol. The number of halogens is 3. The van der Waals surface area contributed by atoms with E-state index >= 15 is 0 Å². The zero-order valence-electron chi connectivity index (χ0n) is 36.4. The van der Waals surface area contributed by atoms with Gasteiger partial charge in [-0.05, 0) is 101 Å². The molecule has 4 heterocycles. The molecule has 4 aromatic heterocycles. The molecule has 0 aliphatic heterocycles. The Hall–Kier alpha value is -5.07. The number of hydrogen-bond acceptors (Lipinski definition) is 9. The van der Waals surface area contributed by atoms with Crippen LogP contribution in [0.1, 0.15) is 72.5 Å². The summed E-state index contributed by atoms with van der Waals surface area (Å²) in [6, 6.07) is 22.1. The monoisotopic (exact) mass is 1020 g/mol. The minimum absolute atomic E-state index is 0. The number of furan rings is 2. The lowest BCUT2D eigenvalue weighted by Crippen LogP contribution is -3.00. The van der Waals surface area contributed by atoms with Crippen molar-refractivity contribution in [2.75, 3.05) is 56.5 Å². The Morgan fingerprint density at radius 2 is 1.00 bits per heavy atom. The van der Waals surface area contributed by atoms with Gasteiger partial charge in [0, 0.05) is 53.9 Å². The van der Waals surface area contributed by atoms with Crippen LogP contribution >= 0.6 is 23.2 Å². The maximum atomic E-state index is 13.1. The molecule has 17 heteroatoms. The molecule has 4 N–H and O–H groups in total. The summed E-state index contributed by atoms with van der Waals surface area (Å²) in [6.07, 6.45) is 10.2. The molecule has 64 heavy (non-hydrogen) atoms. The number of carbonyl (C=O) groups is 4. The molecule has 0 saturated heterocycles. The quantitative estimate of drug-likeness (QED) is 0.0858. The summed E-state index contributed by atoms with van der Waals surface area (Å²) in [5.41, 5.74) is 1.85. The van der Waals surface area contributed by atoms with Gasteiger partial charge in [0.2, 0.25) is 23.3 Å². The van der Waals surface area contributed by atoms with Crippen LogP contribution in [-0.4, -0.2) is 90.3 Å². The van der Waals surface area contributed by atoms with Crippen molar-refractivity contribution < 1.29 is 56.5 Å². The van der Waals surface area contributed by atoms with Crippen LogP contribution in [0.2, 0.25) is 10.0 Å². The Morgan fingerprint density at radius 1 is 0.594 bits per heavy atom. The van der Waals surface area contributed by atoms with Crippen molar-refractivity contribution in [3.05, 3.63) is 107 Å². The van der Waals surface area contributed by atoms with Crippen LogP contribution in [0, 0.1) is 11.8 Å². The fraction of sp³-hybridized carbons (Fsp3) is 0.362. The van der Waals surface area contributed by atoms with Gasteiger partial charge in [0.25, 0.3) is 11.8 Å². The highest BCUT2D eigenvalue weighted by atomic mass is 127. The number of benzene rings is 2. The zero-order valence-corrected chi connectivity index (χ0v) is 40.1. The number of rotatable bonds is 10. The first-order chi connectivity index (χ1) is 30.1. The lowest BCUT2D eigenvalue weighted by molar-refractivity contribution is -0.897. The van der Waals surface area contributed by atoms with Gasteiger partial charge in [-0.3, -0.25) is 19.2 Å². The lowest BCUT2D eigenvalue weighted by Gasteiger charge is -2.38. The van der Waals surface area contributed by atoms with Crippen molar-refractivity contribution in [3.63, 3.8) is 0 Å². The molecule has 0 bridgehead atoms. The number of hydrogen-bond donors (Lipinski definition) is 4. The van der Waals surface area contributed by atoms with Crippen LogP contribution in [0.15, 0.2) is 94.0 Å². The fourth-order valence-corrected chi connectivity index (χ4v) is 8.55. The summed E-state index contributed by atoms with van der Waals surface area (Å²) >= 11 is 11.7. The van der Waals surface area contributed by atoms with Crippen LogP contribution in [0.4, 0.5) is 23.0 Å². The molecule has 2 saturated carbocycles. The molecule has 2 aromatic carbocycles. The van der Waals surface area contributed by atoms with E-state index in [4.69, 9.17) is 32.0 Å². The molecule has 2 aliphatic rings. The van der Waals surface area contributed by atoms with E-state index in [0.29, 0.717) is 67.1 Å². The lowest BCUT2D eigenvalue weighted by atomic mass is 9.84. The molecule has 2 aliphatic carbocycles. The Morgan fingerprint density at radius 3 is 1.38 bits per heavy atom. The van der Waals surface area contributed by atoms with Crippen molar-refractivity contribution in [2.24, 2.45) is 11.8 Å². The Bertz CT molecular complexity index is 2580. The predicted octanol–water partition coefficient (Wildman–Crippen LogP) is 6.73. The zero-order chi connectivity index (χ0) is 44.8. The largest absolute Gasteiger partial charge is 1.00 e. The molecule has 338 valence electrons. The molecule has 2 fully saturated rings. The molecular formula is C47H53Cl2IN8O6. The van der Waals surface area contributed by atoms with Crippen molar-refractivity contribution in [1.29, 1.82) is 0 Å². The maximum Gasteiger partial charge on any atom is 0.294 e. The second-order valence-electron chi connectivity index (χ2n) is 17.3. The van der Waals surface area contributed by atoms with E-state index < -0.39 is 11.8 Å². The molecule has 0 radical (unpaired) electrons. The number of quaternary nitrogens is 1. The molecule has 4 amide bonds. The van der Waals surface area contributed by atoms with E-state index in [9.17, 15) is 19.2 Å². The third kappa shape index (κ3) is 11.8. The summed E-state index contributed by atoms with van der Waals surface area (Å²) in [5, 5.41) is 13.7. The number of aromatic nitrogens is 2. The van der Waals surface area contributed by atoms with Gasteiger partial charge in [-0.2, -0.15) is 0 Å². The van der Waals surface area contributed by atoms with Crippen LogP contribution in [0.5, 0.6) is 0 Å². The van der Waals surface area contributed by atoms with E-state index in [2.05, 4.69) is 71.4 Å². The normalized spacial score (nSPS) is 18.6. The highest BCUT2D eigenvalue weighted by Gasteiger charge is 2.34. The SMILES string of the molecule is CN(C)C1CCC(C(=O)Nc2c(C(=O)Nc3ccc(Cl)cn3)oc3ccccc23)CC1.C[N+](C)(C)[C@H]1CC[C@H](C(=O)Nc2c(C(=O)Nc3ccc(Cl)cn3)oc3ccccc23)CC1.[I-]. The van der Waals surface area contributed by atoms with Crippen molar-refractivity contribution in [2.45, 2.75) is 63.5 Å². The number of amides is 4. The molecule has 0 unspecified atom stereocenters. The first-order valence-corrected chi connectivity index (χ1v) is 21.9. The van der Waals surface area contributed by atoms with Crippen molar-refractivity contribution >= 4 is 91.8 Å². The minimum Gasteiger partial charge on any atom is -1.00 e. The standard InChI is InChI=1S/C24H27ClN4O3.C23H25ClN4O3.HI/c1-29(2,3)17-11-8-15(9-12-17)23(30)28-21-18-6-4-5-7-19(18)32-22(21)24(31)27-20-13-10-16(25)14-26-20;1-28(2)16-10-7-14(8-11-16)22(29)27-20-17-5-3-4-6-18(17)31-21(20)23(30)26-19-12-9-15(24)13-25-19;/h4-7,10,13-15,17H,8-9,11-12H2,1-3H3,(H-,26,27,28,30,31);3-6,9,12-14,16H,7-8,10-11H2,1-2H3,(H,27,29)(H,25,26,30);1H/t15-,17-;;. The number of anilines is 4. The molecule has 8 rings (SSSR count). The van der Waals surface area contributed by atoms with Crippen LogP contribution in [-0.2, 0) is 9.59 Å². The summed E-state index contributed by atoms with van der Waals surface area (Å²) in [7, 11) is 10.7. The molecular weight excluding hydrogens is 970 g/mol. The van der Waals surface area contributed by atoms with Gasteiger partial charge in [-0.1, -0.05) is 47.5 Å². The second-order valence-corrected chi connectivity index (χ2v) is 18.2. The number of pyridine rings is 2. The van der Waals surface area contributed by atoms with E-state index in [0.717, 1.165) is 55.8 Å². The van der Waals surface area contributed by atoms with E-state index in [1.54, 1.807) is 36.4 Å². The number of para-hydroxylation sites is 2. The van der Waals surface area contributed by atoms with Gasteiger partial charge in [-0.25, -0.2) is 9.97 Å². The van der Waals surface area contributed by atoms with Gasteiger partial charge >= 0.3 is 0 Å². The van der Waals surface area contributed by atoms with E-state index in [1.807, 2.05) is 36.4 Å². The van der Waals surface area contributed by atoms with Gasteiger partial charge in [-0.15, -0.1) is 0 Å². The second kappa shape index (κ2) is 21.3. The van der Waals surface area contributed by atoms with Gasteiger partial charge < -0.3 is 63.5 Å². The van der Waals surface area contributed by atoms with Crippen LogP contribution in [0.25, 0.3) is 21.9 Å². The van der Waals surface area contributed by atoms with Crippen LogP contribution < -0.4 is 45.2 Å². The number of nitrogens with one attached hydrogen (secondary N) is 4. The maximum absolute atomic E-state index is 13.1. The summed E-state index contributed by atoms with van der Waals surface area (Å²) < 4.78 is 12.5. The summed E-state index contributed by atoms with van der Waals surface area (Å²) in [5.74, 6) is -0.510. The Kier molecular flexibility index (Phi) is 16.1. The molecule has 6 aromatic rings. The Labute approximate surface area is 399 Å². The third-order valence-corrected chi connectivity index (χ3v) is 12.4. The van der Waals surface area contributed by atoms with Gasteiger partial charge in [0.15, 0.2) is 0 Å².